The Bertz CT molecular complexity index is 614. The van der Waals surface area contributed by atoms with Crippen LogP contribution in [0.25, 0.3) is 11.1 Å². The van der Waals surface area contributed by atoms with Crippen molar-refractivity contribution in [3.8, 4) is 16.9 Å². The summed E-state index contributed by atoms with van der Waals surface area (Å²) in [6.45, 7) is 3.35. The van der Waals surface area contributed by atoms with Crippen LogP contribution >= 0.6 is 0 Å². The van der Waals surface area contributed by atoms with Gasteiger partial charge in [0.05, 0.1) is 7.11 Å². The van der Waals surface area contributed by atoms with Crippen molar-refractivity contribution >= 4 is 0 Å². The van der Waals surface area contributed by atoms with Gasteiger partial charge in [-0.25, -0.2) is 8.78 Å². The van der Waals surface area contributed by atoms with E-state index in [9.17, 15) is 8.78 Å². The highest BCUT2D eigenvalue weighted by atomic mass is 19.1. The van der Waals surface area contributed by atoms with E-state index in [0.29, 0.717) is 17.7 Å². The zero-order chi connectivity index (χ0) is 15.2. The second kappa shape index (κ2) is 7.18. The molecule has 4 heteroatoms. The van der Waals surface area contributed by atoms with Crippen LogP contribution in [-0.4, -0.2) is 13.7 Å². The average molecular weight is 291 g/mol. The van der Waals surface area contributed by atoms with Crippen molar-refractivity contribution in [1.29, 1.82) is 0 Å². The number of hydrogen-bond donors (Lipinski definition) is 1. The molecule has 0 fully saturated rings. The standard InChI is InChI=1S/C17H19F2NO/c1-3-8-20-11-14-9-12(4-6-15(14)18)13-5-7-17(21-2)16(19)10-13/h4-7,9-10,20H,3,8,11H2,1-2H3. The van der Waals surface area contributed by atoms with Crippen LogP contribution in [0.15, 0.2) is 36.4 Å². The van der Waals surface area contributed by atoms with Gasteiger partial charge in [0.15, 0.2) is 11.6 Å². The first-order chi connectivity index (χ1) is 10.2. The molecule has 0 aliphatic rings. The lowest BCUT2D eigenvalue weighted by molar-refractivity contribution is 0.386. The number of benzene rings is 2. The predicted molar refractivity (Wildman–Crippen MR) is 80.3 cm³/mol. The molecule has 0 radical (unpaired) electrons. The molecule has 2 rings (SSSR count). The average Bonchev–Trinajstić information content (AvgIpc) is 2.49. The zero-order valence-electron chi connectivity index (χ0n) is 12.2. The Hall–Kier alpha value is -1.94. The van der Waals surface area contributed by atoms with E-state index < -0.39 is 5.82 Å². The minimum Gasteiger partial charge on any atom is -0.494 e. The summed E-state index contributed by atoms with van der Waals surface area (Å²) in [6.07, 6.45) is 0.991. The number of ether oxygens (including phenoxy) is 1. The van der Waals surface area contributed by atoms with E-state index in [1.165, 1.54) is 19.2 Å². The topological polar surface area (TPSA) is 21.3 Å². The van der Waals surface area contributed by atoms with Crippen LogP contribution in [-0.2, 0) is 6.54 Å². The monoisotopic (exact) mass is 291 g/mol. The number of halogens is 2. The van der Waals surface area contributed by atoms with Gasteiger partial charge in [-0.3, -0.25) is 0 Å². The molecule has 0 aliphatic carbocycles. The van der Waals surface area contributed by atoms with E-state index in [2.05, 4.69) is 12.2 Å². The van der Waals surface area contributed by atoms with Crippen LogP contribution in [0, 0.1) is 11.6 Å². The van der Waals surface area contributed by atoms with Crippen molar-refractivity contribution in [3.63, 3.8) is 0 Å². The molecule has 0 aliphatic heterocycles. The van der Waals surface area contributed by atoms with Crippen molar-refractivity contribution in [2.75, 3.05) is 13.7 Å². The highest BCUT2D eigenvalue weighted by Gasteiger charge is 2.08. The third kappa shape index (κ3) is 3.79. The van der Waals surface area contributed by atoms with Gasteiger partial charge in [0.1, 0.15) is 5.82 Å². The van der Waals surface area contributed by atoms with Gasteiger partial charge < -0.3 is 10.1 Å². The van der Waals surface area contributed by atoms with Gasteiger partial charge in [-0.15, -0.1) is 0 Å². The fourth-order valence-electron chi connectivity index (χ4n) is 2.14. The van der Waals surface area contributed by atoms with E-state index in [-0.39, 0.29) is 11.6 Å². The summed E-state index contributed by atoms with van der Waals surface area (Å²) in [4.78, 5) is 0. The molecule has 0 bridgehead atoms. The normalized spacial score (nSPS) is 10.7. The zero-order valence-corrected chi connectivity index (χ0v) is 12.2. The Morgan fingerprint density at radius 2 is 1.71 bits per heavy atom. The molecule has 0 amide bonds. The number of methoxy groups -OCH3 is 1. The first-order valence-corrected chi connectivity index (χ1v) is 6.98. The summed E-state index contributed by atoms with van der Waals surface area (Å²) in [6, 6.07) is 9.55. The summed E-state index contributed by atoms with van der Waals surface area (Å²) >= 11 is 0. The summed E-state index contributed by atoms with van der Waals surface area (Å²) < 4.78 is 32.4. The molecule has 0 spiro atoms. The van der Waals surface area contributed by atoms with Gasteiger partial charge >= 0.3 is 0 Å². The smallest absolute Gasteiger partial charge is 0.165 e. The van der Waals surface area contributed by atoms with Gasteiger partial charge in [0.25, 0.3) is 0 Å². The molecule has 0 atom stereocenters. The molecule has 0 saturated heterocycles. The maximum absolute atomic E-state index is 13.8. The number of rotatable bonds is 6. The molecule has 1 N–H and O–H groups in total. The number of nitrogens with one attached hydrogen (secondary N) is 1. The van der Waals surface area contributed by atoms with Gasteiger partial charge in [-0.05, 0) is 48.4 Å². The van der Waals surface area contributed by atoms with Crippen molar-refractivity contribution in [1.82, 2.24) is 5.32 Å². The first-order valence-electron chi connectivity index (χ1n) is 6.98. The molecule has 112 valence electrons. The molecule has 2 nitrogen and oxygen atoms in total. The minimum absolute atomic E-state index is 0.200. The van der Waals surface area contributed by atoms with E-state index in [1.54, 1.807) is 24.3 Å². The first kappa shape index (κ1) is 15.4. The SMILES string of the molecule is CCCNCc1cc(-c2ccc(OC)c(F)c2)ccc1F. The molecule has 2 aromatic rings. The van der Waals surface area contributed by atoms with E-state index in [4.69, 9.17) is 4.74 Å². The van der Waals surface area contributed by atoms with Crippen LogP contribution < -0.4 is 10.1 Å². The molecular weight excluding hydrogens is 272 g/mol. The highest BCUT2D eigenvalue weighted by Crippen LogP contribution is 2.26. The predicted octanol–water partition coefficient (Wildman–Crippen LogP) is 4.14. The quantitative estimate of drug-likeness (QED) is 0.808. The maximum Gasteiger partial charge on any atom is 0.165 e. The fourth-order valence-corrected chi connectivity index (χ4v) is 2.14. The Morgan fingerprint density at radius 3 is 2.38 bits per heavy atom. The van der Waals surface area contributed by atoms with Crippen molar-refractivity contribution in [2.24, 2.45) is 0 Å². The van der Waals surface area contributed by atoms with Crippen molar-refractivity contribution in [2.45, 2.75) is 19.9 Å². The van der Waals surface area contributed by atoms with Crippen LogP contribution in [0.1, 0.15) is 18.9 Å². The molecule has 21 heavy (non-hydrogen) atoms. The third-order valence-electron chi connectivity index (χ3n) is 3.27. The van der Waals surface area contributed by atoms with Gasteiger partial charge in [-0.1, -0.05) is 19.1 Å². The minimum atomic E-state index is -0.426. The number of hydrogen-bond acceptors (Lipinski definition) is 2. The third-order valence-corrected chi connectivity index (χ3v) is 3.27. The van der Waals surface area contributed by atoms with Crippen molar-refractivity contribution < 1.29 is 13.5 Å². The Kier molecular flexibility index (Phi) is 5.28. The Labute approximate surface area is 123 Å². The van der Waals surface area contributed by atoms with Crippen LogP contribution in [0.3, 0.4) is 0 Å². The lowest BCUT2D eigenvalue weighted by atomic mass is 10.0. The summed E-state index contributed by atoms with van der Waals surface area (Å²) in [5, 5.41) is 3.17. The Balaban J connectivity index is 2.27. The van der Waals surface area contributed by atoms with Gasteiger partial charge in [0, 0.05) is 12.1 Å². The van der Waals surface area contributed by atoms with Gasteiger partial charge in [0.2, 0.25) is 0 Å². The fraction of sp³-hybridized carbons (Fsp3) is 0.294. The second-order valence-corrected chi connectivity index (χ2v) is 4.83. The van der Waals surface area contributed by atoms with E-state index in [1.807, 2.05) is 0 Å². The molecular formula is C17H19F2NO. The molecule has 0 heterocycles. The van der Waals surface area contributed by atoms with Crippen LogP contribution in [0.5, 0.6) is 5.75 Å². The van der Waals surface area contributed by atoms with Gasteiger partial charge in [-0.2, -0.15) is 0 Å². The summed E-state index contributed by atoms with van der Waals surface area (Å²) in [7, 11) is 1.42. The Morgan fingerprint density at radius 1 is 1.00 bits per heavy atom. The van der Waals surface area contributed by atoms with Crippen LogP contribution in [0.2, 0.25) is 0 Å². The lowest BCUT2D eigenvalue weighted by Crippen LogP contribution is -2.14. The summed E-state index contributed by atoms with van der Waals surface area (Å²) in [5.41, 5.74) is 2.06. The maximum atomic E-state index is 13.8. The second-order valence-electron chi connectivity index (χ2n) is 4.83. The van der Waals surface area contributed by atoms with E-state index in [0.717, 1.165) is 18.5 Å². The lowest BCUT2D eigenvalue weighted by Gasteiger charge is -2.09. The molecule has 0 saturated carbocycles. The summed E-state index contributed by atoms with van der Waals surface area (Å²) in [5.74, 6) is -0.480. The van der Waals surface area contributed by atoms with Crippen molar-refractivity contribution in [3.05, 3.63) is 53.6 Å². The van der Waals surface area contributed by atoms with Crippen LogP contribution in [0.4, 0.5) is 8.78 Å². The molecule has 0 aromatic heterocycles. The molecule has 2 aromatic carbocycles. The van der Waals surface area contributed by atoms with E-state index >= 15 is 0 Å². The molecule has 0 unspecified atom stereocenters. The largest absolute Gasteiger partial charge is 0.494 e. The highest BCUT2D eigenvalue weighted by molar-refractivity contribution is 5.65.